The molecule has 0 bridgehead atoms. The van der Waals surface area contributed by atoms with Crippen LogP contribution in [0.3, 0.4) is 0 Å². The summed E-state index contributed by atoms with van der Waals surface area (Å²) in [5.41, 5.74) is 1.16. The van der Waals surface area contributed by atoms with Crippen LogP contribution in [-0.4, -0.2) is 10.2 Å². The Balaban J connectivity index is 2.31. The van der Waals surface area contributed by atoms with E-state index in [1.807, 2.05) is 30.3 Å². The molecule has 0 amide bonds. The molecule has 0 spiro atoms. The van der Waals surface area contributed by atoms with Crippen molar-refractivity contribution in [3.63, 3.8) is 0 Å². The fourth-order valence-corrected chi connectivity index (χ4v) is 1.45. The van der Waals surface area contributed by atoms with Crippen molar-refractivity contribution in [1.82, 2.24) is 0 Å². The third kappa shape index (κ3) is 2.64. The maximum absolute atomic E-state index is 13.4. The topological polar surface area (TPSA) is 40.5 Å². The number of phenols is 2. The first-order valence-corrected chi connectivity index (χ1v) is 5.11. The maximum atomic E-state index is 13.4. The van der Waals surface area contributed by atoms with Crippen LogP contribution in [0.25, 0.3) is 12.2 Å². The van der Waals surface area contributed by atoms with Gasteiger partial charge in [-0.15, -0.1) is 0 Å². The molecule has 2 aromatic rings. The summed E-state index contributed by atoms with van der Waals surface area (Å²) in [4.78, 5) is 0. The van der Waals surface area contributed by atoms with Gasteiger partial charge in [0.1, 0.15) is 5.82 Å². The summed E-state index contributed by atoms with van der Waals surface area (Å²) < 4.78 is 13.4. The highest BCUT2D eigenvalue weighted by Crippen LogP contribution is 2.28. The molecule has 0 atom stereocenters. The van der Waals surface area contributed by atoms with Crippen molar-refractivity contribution in [1.29, 1.82) is 0 Å². The second kappa shape index (κ2) is 4.70. The van der Waals surface area contributed by atoms with Crippen LogP contribution in [-0.2, 0) is 0 Å². The highest BCUT2D eigenvalue weighted by Gasteiger charge is 2.05. The number of benzene rings is 2. The Hall–Kier alpha value is -2.29. The molecule has 0 radical (unpaired) electrons. The second-order valence-electron chi connectivity index (χ2n) is 3.61. The van der Waals surface area contributed by atoms with Crippen molar-refractivity contribution in [2.24, 2.45) is 0 Å². The molecule has 2 nitrogen and oxygen atoms in total. The van der Waals surface area contributed by atoms with E-state index in [9.17, 15) is 9.50 Å². The molecule has 2 rings (SSSR count). The SMILES string of the molecule is Oc1cc(F)c(C=Cc2ccccc2)cc1O. The van der Waals surface area contributed by atoms with Crippen molar-refractivity contribution in [3.05, 3.63) is 59.4 Å². The minimum absolute atomic E-state index is 0.226. The van der Waals surface area contributed by atoms with E-state index in [0.29, 0.717) is 0 Å². The summed E-state index contributed by atoms with van der Waals surface area (Å²) in [6.07, 6.45) is 3.28. The first-order valence-electron chi connectivity index (χ1n) is 5.11. The first-order chi connectivity index (χ1) is 8.16. The number of halogens is 1. The van der Waals surface area contributed by atoms with Gasteiger partial charge in [-0.25, -0.2) is 4.39 Å². The van der Waals surface area contributed by atoms with Gasteiger partial charge in [0.2, 0.25) is 0 Å². The number of rotatable bonds is 2. The van der Waals surface area contributed by atoms with Gasteiger partial charge in [0.25, 0.3) is 0 Å². The maximum Gasteiger partial charge on any atom is 0.160 e. The molecule has 0 aliphatic carbocycles. The largest absolute Gasteiger partial charge is 0.504 e. The van der Waals surface area contributed by atoms with Crippen LogP contribution in [0.1, 0.15) is 11.1 Å². The molecule has 0 aliphatic rings. The average Bonchev–Trinajstić information content (AvgIpc) is 2.33. The van der Waals surface area contributed by atoms with Crippen molar-refractivity contribution < 1.29 is 14.6 Å². The van der Waals surface area contributed by atoms with Gasteiger partial charge in [-0.1, -0.05) is 42.5 Å². The van der Waals surface area contributed by atoms with E-state index >= 15 is 0 Å². The number of hydrogen-bond acceptors (Lipinski definition) is 2. The van der Waals surface area contributed by atoms with Gasteiger partial charge in [-0.2, -0.15) is 0 Å². The Kier molecular flexibility index (Phi) is 3.10. The van der Waals surface area contributed by atoms with Crippen molar-refractivity contribution in [2.45, 2.75) is 0 Å². The minimum atomic E-state index is -0.576. The Morgan fingerprint density at radius 3 is 2.24 bits per heavy atom. The van der Waals surface area contributed by atoms with Crippen molar-refractivity contribution in [2.75, 3.05) is 0 Å². The van der Waals surface area contributed by atoms with Crippen LogP contribution >= 0.6 is 0 Å². The third-order valence-electron chi connectivity index (χ3n) is 2.35. The second-order valence-corrected chi connectivity index (χ2v) is 3.61. The molecule has 86 valence electrons. The lowest BCUT2D eigenvalue weighted by Gasteiger charge is -2.01. The summed E-state index contributed by atoms with van der Waals surface area (Å²) in [7, 11) is 0. The van der Waals surface area contributed by atoms with Crippen LogP contribution in [0.5, 0.6) is 11.5 Å². The van der Waals surface area contributed by atoms with Gasteiger partial charge >= 0.3 is 0 Å². The highest BCUT2D eigenvalue weighted by atomic mass is 19.1. The van der Waals surface area contributed by atoms with Crippen LogP contribution < -0.4 is 0 Å². The minimum Gasteiger partial charge on any atom is -0.504 e. The molecule has 17 heavy (non-hydrogen) atoms. The fourth-order valence-electron chi connectivity index (χ4n) is 1.45. The molecular weight excluding hydrogens is 219 g/mol. The molecule has 0 heterocycles. The molecule has 3 heteroatoms. The molecular formula is C14H11FO2. The molecule has 2 aromatic carbocycles. The summed E-state index contributed by atoms with van der Waals surface area (Å²) in [6.45, 7) is 0. The smallest absolute Gasteiger partial charge is 0.160 e. The summed E-state index contributed by atoms with van der Waals surface area (Å²) in [5.74, 6) is -1.37. The van der Waals surface area contributed by atoms with E-state index < -0.39 is 11.6 Å². The first kappa shape index (κ1) is 11.2. The van der Waals surface area contributed by atoms with Gasteiger partial charge in [0.15, 0.2) is 11.5 Å². The Labute approximate surface area is 98.3 Å². The lowest BCUT2D eigenvalue weighted by atomic mass is 10.1. The Morgan fingerprint density at radius 2 is 1.53 bits per heavy atom. The Morgan fingerprint density at radius 1 is 0.882 bits per heavy atom. The van der Waals surface area contributed by atoms with Crippen molar-refractivity contribution in [3.8, 4) is 11.5 Å². The monoisotopic (exact) mass is 230 g/mol. The molecule has 0 aromatic heterocycles. The number of aromatic hydroxyl groups is 2. The zero-order valence-electron chi connectivity index (χ0n) is 8.97. The summed E-state index contributed by atoms with van der Waals surface area (Å²) in [5, 5.41) is 18.4. The van der Waals surface area contributed by atoms with Gasteiger partial charge in [-0.05, 0) is 11.6 Å². The van der Waals surface area contributed by atoms with Crippen LogP contribution in [0.15, 0.2) is 42.5 Å². The highest BCUT2D eigenvalue weighted by molar-refractivity contribution is 5.71. The normalized spacial score (nSPS) is 10.9. The zero-order chi connectivity index (χ0) is 12.3. The van der Waals surface area contributed by atoms with E-state index in [2.05, 4.69) is 0 Å². The quantitative estimate of drug-likeness (QED) is 0.613. The van der Waals surface area contributed by atoms with Crippen LogP contribution in [0, 0.1) is 5.82 Å². The fraction of sp³-hybridized carbons (Fsp3) is 0. The molecule has 0 aliphatic heterocycles. The van der Waals surface area contributed by atoms with E-state index in [-0.39, 0.29) is 11.3 Å². The molecule has 0 unspecified atom stereocenters. The van der Waals surface area contributed by atoms with E-state index in [1.54, 1.807) is 12.2 Å². The van der Waals surface area contributed by atoms with E-state index in [4.69, 9.17) is 5.11 Å². The van der Waals surface area contributed by atoms with Gasteiger partial charge in [0.05, 0.1) is 0 Å². The van der Waals surface area contributed by atoms with Gasteiger partial charge in [0, 0.05) is 11.6 Å². The van der Waals surface area contributed by atoms with Crippen LogP contribution in [0.4, 0.5) is 4.39 Å². The van der Waals surface area contributed by atoms with Crippen molar-refractivity contribution >= 4 is 12.2 Å². The molecule has 0 saturated heterocycles. The molecule has 0 saturated carbocycles. The average molecular weight is 230 g/mol. The van der Waals surface area contributed by atoms with Crippen LogP contribution in [0.2, 0.25) is 0 Å². The Bertz CT molecular complexity index is 548. The molecule has 0 fully saturated rings. The number of hydrogen-bond donors (Lipinski definition) is 2. The lowest BCUT2D eigenvalue weighted by molar-refractivity contribution is 0.399. The zero-order valence-corrected chi connectivity index (χ0v) is 8.97. The number of phenolic OH excluding ortho intramolecular Hbond substituents is 2. The van der Waals surface area contributed by atoms with Gasteiger partial charge < -0.3 is 10.2 Å². The van der Waals surface area contributed by atoms with Gasteiger partial charge in [-0.3, -0.25) is 0 Å². The third-order valence-corrected chi connectivity index (χ3v) is 2.35. The summed E-state index contributed by atoms with van der Waals surface area (Å²) in [6, 6.07) is 11.5. The van der Waals surface area contributed by atoms with E-state index in [1.165, 1.54) is 6.07 Å². The predicted octanol–water partition coefficient (Wildman–Crippen LogP) is 3.41. The lowest BCUT2D eigenvalue weighted by Crippen LogP contribution is -1.82. The standard InChI is InChI=1S/C14H11FO2/c15-12-9-14(17)13(16)8-11(12)7-6-10-4-2-1-3-5-10/h1-9,16-17H. The van der Waals surface area contributed by atoms with E-state index in [0.717, 1.165) is 11.6 Å². The molecule has 2 N–H and O–H groups in total. The predicted molar refractivity (Wildman–Crippen MR) is 65.1 cm³/mol. The summed E-state index contributed by atoms with van der Waals surface area (Å²) >= 11 is 0.